The number of nitrogens with zero attached hydrogens (tertiary/aromatic N) is 3. The number of likely N-dealkylation sites (tertiary alicyclic amines) is 1. The fourth-order valence-electron chi connectivity index (χ4n) is 4.22. The second-order valence-electron chi connectivity index (χ2n) is 8.57. The van der Waals surface area contributed by atoms with Crippen LogP contribution < -0.4 is 5.32 Å². The van der Waals surface area contributed by atoms with E-state index < -0.39 is 0 Å². The predicted molar refractivity (Wildman–Crippen MR) is 133 cm³/mol. The van der Waals surface area contributed by atoms with Gasteiger partial charge in [-0.2, -0.15) is 0 Å². The Hall–Kier alpha value is -2.29. The van der Waals surface area contributed by atoms with Crippen molar-refractivity contribution in [3.8, 4) is 0 Å². The minimum Gasteiger partial charge on any atom is -0.453 e. The van der Waals surface area contributed by atoms with Crippen LogP contribution in [-0.4, -0.2) is 91.6 Å². The van der Waals surface area contributed by atoms with Crippen molar-refractivity contribution >= 4 is 47.2 Å². The molecule has 3 amide bonds. The molecule has 2 heterocycles. The van der Waals surface area contributed by atoms with Crippen molar-refractivity contribution in [1.29, 1.82) is 0 Å². The lowest BCUT2D eigenvalue weighted by Crippen LogP contribution is -2.45. The molecule has 0 unspecified atom stereocenters. The maximum atomic E-state index is 12.6. The molecule has 2 aliphatic heterocycles. The quantitative estimate of drug-likeness (QED) is 0.569. The van der Waals surface area contributed by atoms with Gasteiger partial charge in [0.05, 0.1) is 17.2 Å². The molecule has 0 bridgehead atoms. The number of ether oxygens (including phenoxy) is 1. The number of amides is 3. The van der Waals surface area contributed by atoms with Crippen LogP contribution in [0.2, 0.25) is 10.0 Å². The number of benzene rings is 1. The van der Waals surface area contributed by atoms with Crippen LogP contribution in [-0.2, 0) is 14.3 Å². The first-order chi connectivity index (χ1) is 16.4. The zero-order valence-electron chi connectivity index (χ0n) is 19.5. The highest BCUT2D eigenvalue weighted by Crippen LogP contribution is 2.23. The van der Waals surface area contributed by atoms with Gasteiger partial charge in [-0.3, -0.25) is 9.59 Å². The molecule has 10 heteroatoms. The number of piperidine rings is 1. The summed E-state index contributed by atoms with van der Waals surface area (Å²) in [7, 11) is 1.37. The summed E-state index contributed by atoms with van der Waals surface area (Å²) in [6.45, 7) is 4.88. The number of halogens is 2. The summed E-state index contributed by atoms with van der Waals surface area (Å²) < 4.78 is 4.66. The second kappa shape index (κ2) is 13.0. The van der Waals surface area contributed by atoms with Gasteiger partial charge in [0.1, 0.15) is 0 Å². The third kappa shape index (κ3) is 7.89. The molecule has 2 aliphatic rings. The van der Waals surface area contributed by atoms with E-state index in [2.05, 4.69) is 15.0 Å². The molecule has 186 valence electrons. The summed E-state index contributed by atoms with van der Waals surface area (Å²) >= 11 is 12.0. The van der Waals surface area contributed by atoms with Crippen LogP contribution in [0.3, 0.4) is 0 Å². The molecule has 1 N–H and O–H groups in total. The Kier molecular flexibility index (Phi) is 10.0. The number of carbonyl (C=O) groups is 3. The molecule has 2 fully saturated rings. The van der Waals surface area contributed by atoms with Gasteiger partial charge < -0.3 is 24.8 Å². The highest BCUT2D eigenvalue weighted by Gasteiger charge is 2.24. The Balaban J connectivity index is 1.39. The third-order valence-corrected chi connectivity index (χ3v) is 7.00. The predicted octanol–water partition coefficient (Wildman–Crippen LogP) is 3.28. The van der Waals surface area contributed by atoms with Gasteiger partial charge in [-0.15, -0.1) is 0 Å². The molecule has 0 aliphatic carbocycles. The fraction of sp³-hybridized carbons (Fsp3) is 0.542. The van der Waals surface area contributed by atoms with Gasteiger partial charge in [0.25, 0.3) is 0 Å². The van der Waals surface area contributed by atoms with Gasteiger partial charge in [-0.1, -0.05) is 29.3 Å². The Labute approximate surface area is 210 Å². The molecule has 2 saturated heterocycles. The summed E-state index contributed by atoms with van der Waals surface area (Å²) in [6.07, 6.45) is 5.84. The molecule has 0 saturated carbocycles. The van der Waals surface area contributed by atoms with Crippen molar-refractivity contribution in [2.75, 3.05) is 52.9 Å². The number of carbonyl (C=O) groups excluding carboxylic acids is 3. The number of methoxy groups -OCH3 is 1. The first-order valence-corrected chi connectivity index (χ1v) is 12.4. The monoisotopic (exact) mass is 510 g/mol. The maximum Gasteiger partial charge on any atom is 0.407 e. The van der Waals surface area contributed by atoms with E-state index in [0.717, 1.165) is 44.5 Å². The molecule has 34 heavy (non-hydrogen) atoms. The van der Waals surface area contributed by atoms with Crippen molar-refractivity contribution in [3.63, 3.8) is 0 Å². The molecule has 1 aromatic carbocycles. The number of hydrogen-bond acceptors (Lipinski definition) is 5. The summed E-state index contributed by atoms with van der Waals surface area (Å²) in [5, 5.41) is 3.77. The Morgan fingerprint density at radius 3 is 2.56 bits per heavy atom. The van der Waals surface area contributed by atoms with Crippen LogP contribution in [0.5, 0.6) is 0 Å². The average molecular weight is 511 g/mol. The topological polar surface area (TPSA) is 82.2 Å². The third-order valence-electron chi connectivity index (χ3n) is 6.26. The lowest BCUT2D eigenvalue weighted by Gasteiger charge is -2.32. The Bertz CT molecular complexity index is 903. The van der Waals surface area contributed by atoms with E-state index in [4.69, 9.17) is 23.2 Å². The highest BCUT2D eigenvalue weighted by atomic mass is 35.5. The maximum absolute atomic E-state index is 12.6. The second-order valence-corrected chi connectivity index (χ2v) is 9.38. The minimum absolute atomic E-state index is 0.0877. The molecular formula is C24H32Cl2N4O4. The first kappa shape index (κ1) is 26.3. The average Bonchev–Trinajstić information content (AvgIpc) is 3.02. The van der Waals surface area contributed by atoms with Crippen molar-refractivity contribution < 1.29 is 19.1 Å². The van der Waals surface area contributed by atoms with Crippen molar-refractivity contribution in [2.24, 2.45) is 0 Å². The molecule has 0 aromatic heterocycles. The lowest BCUT2D eigenvalue weighted by atomic mass is 10.1. The number of rotatable bonds is 7. The molecule has 0 spiro atoms. The van der Waals surface area contributed by atoms with Gasteiger partial charge in [0, 0.05) is 57.8 Å². The van der Waals surface area contributed by atoms with Crippen molar-refractivity contribution in [1.82, 2.24) is 20.0 Å². The van der Waals surface area contributed by atoms with E-state index in [1.165, 1.54) is 13.2 Å². The summed E-state index contributed by atoms with van der Waals surface area (Å²) in [5.41, 5.74) is 0.792. The zero-order chi connectivity index (χ0) is 24.5. The summed E-state index contributed by atoms with van der Waals surface area (Å²) in [5.74, 6) is -0.0334. The van der Waals surface area contributed by atoms with Gasteiger partial charge in [-0.25, -0.2) is 4.79 Å². The van der Waals surface area contributed by atoms with Gasteiger partial charge in [0.15, 0.2) is 0 Å². The van der Waals surface area contributed by atoms with E-state index in [1.807, 2.05) is 4.90 Å². The van der Waals surface area contributed by atoms with E-state index in [-0.39, 0.29) is 23.9 Å². The van der Waals surface area contributed by atoms with Crippen LogP contribution in [0.4, 0.5) is 4.79 Å². The summed E-state index contributed by atoms with van der Waals surface area (Å²) in [4.78, 5) is 42.5. The van der Waals surface area contributed by atoms with Crippen LogP contribution in [0.1, 0.15) is 31.2 Å². The van der Waals surface area contributed by atoms with Crippen LogP contribution in [0.15, 0.2) is 24.3 Å². The van der Waals surface area contributed by atoms with Crippen molar-refractivity contribution in [3.05, 3.63) is 39.9 Å². The van der Waals surface area contributed by atoms with Gasteiger partial charge in [0.2, 0.25) is 11.8 Å². The van der Waals surface area contributed by atoms with Crippen LogP contribution >= 0.6 is 23.2 Å². The molecule has 3 rings (SSSR count). The standard InChI is InChI=1S/C24H32Cl2N4O4/c1-34-24(33)27-19-7-12-28(13-8-19)10-2-11-29-15-16-30(14-9-23(29)32)22(31)6-4-18-3-5-20(25)21(26)17-18/h3-6,17,19H,2,7-16H2,1H3,(H,27,33)/b6-4+. The first-order valence-electron chi connectivity index (χ1n) is 11.6. The largest absolute Gasteiger partial charge is 0.453 e. The SMILES string of the molecule is COC(=O)NC1CCN(CCCN2CCN(C(=O)/C=C/c3ccc(Cl)c(Cl)c3)CCC2=O)CC1. The highest BCUT2D eigenvalue weighted by molar-refractivity contribution is 6.42. The lowest BCUT2D eigenvalue weighted by molar-refractivity contribution is -0.130. The molecular weight excluding hydrogens is 479 g/mol. The van der Waals surface area contributed by atoms with Gasteiger partial charge in [-0.05, 0) is 49.6 Å². The normalized spacial score (nSPS) is 18.3. The Morgan fingerprint density at radius 2 is 1.85 bits per heavy atom. The van der Waals surface area contributed by atoms with Gasteiger partial charge >= 0.3 is 6.09 Å². The number of nitrogens with one attached hydrogen (secondary N) is 1. The fourth-order valence-corrected chi connectivity index (χ4v) is 4.53. The van der Waals surface area contributed by atoms with E-state index in [9.17, 15) is 14.4 Å². The molecule has 1 aromatic rings. The molecule has 0 atom stereocenters. The Morgan fingerprint density at radius 1 is 1.09 bits per heavy atom. The summed E-state index contributed by atoms with van der Waals surface area (Å²) in [6, 6.07) is 5.35. The van der Waals surface area contributed by atoms with E-state index in [1.54, 1.807) is 29.2 Å². The smallest absolute Gasteiger partial charge is 0.407 e. The molecule has 8 nitrogen and oxygen atoms in total. The number of hydrogen-bond donors (Lipinski definition) is 1. The van der Waals surface area contributed by atoms with Crippen molar-refractivity contribution in [2.45, 2.75) is 31.7 Å². The van der Waals surface area contributed by atoms with Crippen LogP contribution in [0, 0.1) is 0 Å². The minimum atomic E-state index is -0.379. The van der Waals surface area contributed by atoms with E-state index >= 15 is 0 Å². The number of alkyl carbamates (subject to hydrolysis) is 1. The zero-order valence-corrected chi connectivity index (χ0v) is 21.0. The van der Waals surface area contributed by atoms with E-state index in [0.29, 0.717) is 42.6 Å². The van der Waals surface area contributed by atoms with Crippen LogP contribution in [0.25, 0.3) is 6.08 Å². The molecule has 0 radical (unpaired) electrons.